The zero-order valence-corrected chi connectivity index (χ0v) is 14.4. The molecule has 1 fully saturated rings. The van der Waals surface area contributed by atoms with E-state index in [2.05, 4.69) is 37.5 Å². The van der Waals surface area contributed by atoms with E-state index in [0.29, 0.717) is 6.04 Å². The Balaban J connectivity index is 1.80. The zero-order valence-electron chi connectivity index (χ0n) is 12.8. The van der Waals surface area contributed by atoms with Crippen LogP contribution < -0.4 is 5.43 Å². The lowest BCUT2D eigenvalue weighted by molar-refractivity contribution is 0.287. The largest absolute Gasteiger partial charge is 0.256 e. The fourth-order valence-electron chi connectivity index (χ4n) is 2.89. The van der Waals surface area contributed by atoms with Crippen LogP contribution in [0.2, 0.25) is 0 Å². The second-order valence-electron chi connectivity index (χ2n) is 6.89. The van der Waals surface area contributed by atoms with Crippen molar-refractivity contribution in [3.05, 3.63) is 0 Å². The second-order valence-corrected chi connectivity index (χ2v) is 8.65. The van der Waals surface area contributed by atoms with Crippen LogP contribution in [0.3, 0.4) is 0 Å². The van der Waals surface area contributed by atoms with E-state index in [4.69, 9.17) is 9.98 Å². The first-order valence-corrected chi connectivity index (χ1v) is 9.57. The van der Waals surface area contributed by atoms with Crippen molar-refractivity contribution in [2.75, 3.05) is 12.0 Å². The van der Waals surface area contributed by atoms with Gasteiger partial charge in [-0.15, -0.1) is 0 Å². The molecule has 1 saturated carbocycles. The highest BCUT2D eigenvalue weighted by Crippen LogP contribution is 2.39. The number of amidine groups is 2. The third kappa shape index (κ3) is 2.62. The number of rotatable bonds is 0. The lowest BCUT2D eigenvalue weighted by atomic mass is 9.88. The summed E-state index contributed by atoms with van der Waals surface area (Å²) in [6, 6.07) is 0.396. The molecule has 2 aliphatic heterocycles. The van der Waals surface area contributed by atoms with Crippen molar-refractivity contribution >= 4 is 33.9 Å². The van der Waals surface area contributed by atoms with E-state index in [1.165, 1.54) is 12.8 Å². The topological polar surface area (TPSA) is 40.0 Å². The first-order valence-electron chi connectivity index (χ1n) is 7.36. The summed E-state index contributed by atoms with van der Waals surface area (Å²) in [5.41, 5.74) is 3.83. The predicted molar refractivity (Wildman–Crippen MR) is 90.3 cm³/mol. The number of nitrogens with zero attached hydrogens (tertiary/aromatic N) is 3. The first-order chi connectivity index (χ1) is 9.43. The third-order valence-electron chi connectivity index (χ3n) is 4.26. The average molecular weight is 313 g/mol. The van der Waals surface area contributed by atoms with Crippen LogP contribution in [0.5, 0.6) is 0 Å². The van der Waals surface area contributed by atoms with Gasteiger partial charge in [0, 0.05) is 5.75 Å². The van der Waals surface area contributed by atoms with E-state index in [-0.39, 0.29) is 11.1 Å². The summed E-state index contributed by atoms with van der Waals surface area (Å²) in [7, 11) is 0. The Morgan fingerprint density at radius 2 is 2.05 bits per heavy atom. The minimum Gasteiger partial charge on any atom is -0.256 e. The quantitative estimate of drug-likeness (QED) is 0.745. The number of hydrogen-bond donors (Lipinski definition) is 1. The van der Waals surface area contributed by atoms with Gasteiger partial charge in [-0.1, -0.05) is 44.3 Å². The lowest BCUT2D eigenvalue weighted by Gasteiger charge is -2.25. The summed E-state index contributed by atoms with van der Waals surface area (Å²) in [6.07, 6.45) is 6.94. The summed E-state index contributed by atoms with van der Waals surface area (Å²) < 4.78 is 0. The summed E-state index contributed by atoms with van der Waals surface area (Å²) in [5, 5.41) is 4.32. The number of thioether (sulfide) groups is 2. The fraction of sp³-hybridized carbons (Fsp3) is 0.857. The maximum atomic E-state index is 4.95. The van der Waals surface area contributed by atoms with E-state index in [1.54, 1.807) is 11.8 Å². The van der Waals surface area contributed by atoms with Gasteiger partial charge in [-0.2, -0.15) is 5.43 Å². The van der Waals surface area contributed by atoms with Crippen LogP contribution in [0, 0.1) is 5.41 Å². The molecule has 1 N–H and O–H groups in total. The molecule has 1 spiro atoms. The molecule has 0 aromatic heterocycles. The maximum Gasteiger partial charge on any atom is 0.181 e. The second kappa shape index (κ2) is 5.21. The van der Waals surface area contributed by atoms with Gasteiger partial charge in [0.2, 0.25) is 0 Å². The molecule has 1 unspecified atom stereocenters. The van der Waals surface area contributed by atoms with Crippen LogP contribution in [0.15, 0.2) is 9.98 Å². The Bertz CT molecular complexity index is 447. The van der Waals surface area contributed by atoms with Crippen molar-refractivity contribution in [2.45, 2.75) is 58.2 Å². The van der Waals surface area contributed by atoms with Crippen molar-refractivity contribution in [1.82, 2.24) is 10.4 Å². The molecule has 0 saturated heterocycles. The number of aliphatic imine (C=N–C) groups is 2. The SMILES string of the molecule is CSC1=NC2(CCCC2)NN1C1=NC(C(C)(C)C)CS1. The van der Waals surface area contributed by atoms with Gasteiger partial charge >= 0.3 is 0 Å². The number of nitrogens with one attached hydrogen (secondary N) is 1. The van der Waals surface area contributed by atoms with Crippen molar-refractivity contribution in [3.63, 3.8) is 0 Å². The molecule has 1 aliphatic carbocycles. The van der Waals surface area contributed by atoms with E-state index in [1.807, 2.05) is 11.8 Å². The van der Waals surface area contributed by atoms with Gasteiger partial charge in [0.1, 0.15) is 5.66 Å². The average Bonchev–Trinajstić information content (AvgIpc) is 3.09. The molecule has 0 radical (unpaired) electrons. The van der Waals surface area contributed by atoms with E-state index in [0.717, 1.165) is 28.9 Å². The molecule has 6 heteroatoms. The highest BCUT2D eigenvalue weighted by molar-refractivity contribution is 8.15. The Hall–Kier alpha value is -0.200. The van der Waals surface area contributed by atoms with E-state index in [9.17, 15) is 0 Å². The summed E-state index contributed by atoms with van der Waals surface area (Å²) >= 11 is 3.57. The molecular weight excluding hydrogens is 288 g/mol. The minimum atomic E-state index is -0.0404. The Kier molecular flexibility index (Phi) is 3.84. The molecule has 0 amide bonds. The Morgan fingerprint density at radius 3 is 2.60 bits per heavy atom. The standard InChI is InChI=1S/C14H24N4S2/c1-13(2,3)10-9-20-11(15-10)18-12(19-4)16-14(17-18)7-5-6-8-14/h10,17H,5-9H2,1-4H3. The van der Waals surface area contributed by atoms with Gasteiger partial charge < -0.3 is 0 Å². The smallest absolute Gasteiger partial charge is 0.181 e. The molecule has 1 atom stereocenters. The molecule has 2 heterocycles. The molecular formula is C14H24N4S2. The molecule has 20 heavy (non-hydrogen) atoms. The van der Waals surface area contributed by atoms with Crippen molar-refractivity contribution in [1.29, 1.82) is 0 Å². The monoisotopic (exact) mass is 312 g/mol. The molecule has 3 rings (SSSR count). The van der Waals surface area contributed by atoms with Gasteiger partial charge in [-0.3, -0.25) is 4.99 Å². The fourth-order valence-corrected chi connectivity index (χ4v) is 4.87. The first kappa shape index (κ1) is 14.7. The maximum absolute atomic E-state index is 4.95. The predicted octanol–water partition coefficient (Wildman–Crippen LogP) is 3.31. The Labute approximate surface area is 130 Å². The van der Waals surface area contributed by atoms with Gasteiger partial charge in [0.05, 0.1) is 6.04 Å². The zero-order chi connectivity index (χ0) is 14.4. The Morgan fingerprint density at radius 1 is 1.35 bits per heavy atom. The number of hydrogen-bond acceptors (Lipinski definition) is 6. The number of hydrazine groups is 1. The normalized spacial score (nSPS) is 29.2. The summed E-state index contributed by atoms with van der Waals surface area (Å²) in [5.74, 6) is 1.08. The van der Waals surface area contributed by atoms with Crippen molar-refractivity contribution in [3.8, 4) is 0 Å². The van der Waals surface area contributed by atoms with E-state index < -0.39 is 0 Å². The van der Waals surface area contributed by atoms with Gasteiger partial charge in [0.25, 0.3) is 0 Å². The summed E-state index contributed by atoms with van der Waals surface area (Å²) in [4.78, 5) is 9.89. The molecule has 0 aromatic carbocycles. The molecule has 112 valence electrons. The summed E-state index contributed by atoms with van der Waals surface area (Å²) in [6.45, 7) is 6.80. The molecule has 4 nitrogen and oxygen atoms in total. The van der Waals surface area contributed by atoms with Gasteiger partial charge in [-0.05, 0) is 37.4 Å². The third-order valence-corrected chi connectivity index (χ3v) is 5.93. The lowest BCUT2D eigenvalue weighted by Crippen LogP contribution is -2.48. The van der Waals surface area contributed by atoms with Crippen LogP contribution in [-0.2, 0) is 0 Å². The van der Waals surface area contributed by atoms with Crippen molar-refractivity contribution in [2.24, 2.45) is 15.4 Å². The molecule has 0 aromatic rings. The van der Waals surface area contributed by atoms with Crippen molar-refractivity contribution < 1.29 is 0 Å². The minimum absolute atomic E-state index is 0.0404. The van der Waals surface area contributed by atoms with Crippen LogP contribution in [0.4, 0.5) is 0 Å². The van der Waals surface area contributed by atoms with Crippen LogP contribution in [0.1, 0.15) is 46.5 Å². The molecule has 0 bridgehead atoms. The highest BCUT2D eigenvalue weighted by atomic mass is 32.2. The van der Waals surface area contributed by atoms with Crippen LogP contribution in [-0.4, -0.2) is 39.1 Å². The van der Waals surface area contributed by atoms with E-state index >= 15 is 0 Å². The van der Waals surface area contributed by atoms with Crippen LogP contribution in [0.25, 0.3) is 0 Å². The molecule has 3 aliphatic rings. The highest BCUT2D eigenvalue weighted by Gasteiger charge is 2.44. The van der Waals surface area contributed by atoms with Gasteiger partial charge in [0.15, 0.2) is 10.3 Å². The van der Waals surface area contributed by atoms with Crippen LogP contribution >= 0.6 is 23.5 Å². The van der Waals surface area contributed by atoms with Gasteiger partial charge in [-0.25, -0.2) is 10.0 Å².